The second-order valence-electron chi connectivity index (χ2n) is 33.4. The van der Waals surface area contributed by atoms with Crippen molar-refractivity contribution in [2.45, 2.75) is 345 Å². The molecule has 2 aliphatic heterocycles. The first-order valence-corrected chi connectivity index (χ1v) is 36.2. The molecule has 12 N–H and O–H groups in total. The highest BCUT2D eigenvalue weighted by Gasteiger charge is 2.57. The number of amides is 6. The van der Waals surface area contributed by atoms with Gasteiger partial charge in [0.25, 0.3) is 10.1 Å². The highest BCUT2D eigenvalue weighted by Crippen LogP contribution is 2.42. The molecule has 4 fully saturated rings. The molecule has 586 valence electrons. The third kappa shape index (κ3) is 25.8. The lowest BCUT2D eigenvalue weighted by molar-refractivity contribution is -0.302. The van der Waals surface area contributed by atoms with Gasteiger partial charge in [0.1, 0.15) is 112 Å². The summed E-state index contributed by atoms with van der Waals surface area (Å²) in [6, 6.07) is -2.98. The highest BCUT2D eigenvalue weighted by atomic mass is 32.2. The number of ether oxygens (including phenoxy) is 11. The van der Waals surface area contributed by atoms with Crippen LogP contribution in [0.4, 0.5) is 28.8 Å². The van der Waals surface area contributed by atoms with Crippen molar-refractivity contribution in [1.29, 1.82) is 0 Å². The average molecular weight is 1480 g/mol. The van der Waals surface area contributed by atoms with Crippen LogP contribution >= 0.6 is 0 Å². The Morgan fingerprint density at radius 3 is 1.16 bits per heavy atom. The molecule has 2 saturated carbocycles. The van der Waals surface area contributed by atoms with Gasteiger partial charge in [-0.05, 0) is 172 Å². The molecular formula is C69H118N6O26S. The van der Waals surface area contributed by atoms with Crippen LogP contribution in [0.25, 0.3) is 0 Å². The topological polar surface area (TPSA) is 441 Å². The number of aliphatic hydroxyl groups excluding tert-OH is 6. The van der Waals surface area contributed by atoms with Gasteiger partial charge in [-0.3, -0.25) is 4.18 Å². The van der Waals surface area contributed by atoms with Crippen molar-refractivity contribution >= 4 is 46.7 Å². The quantitative estimate of drug-likeness (QED) is 0.0500. The van der Waals surface area contributed by atoms with E-state index in [0.717, 1.165) is 5.56 Å². The number of hydrogen-bond donors (Lipinski definition) is 12. The summed E-state index contributed by atoms with van der Waals surface area (Å²) >= 11 is 0. The van der Waals surface area contributed by atoms with Crippen LogP contribution in [-0.4, -0.2) is 239 Å². The predicted octanol–water partition coefficient (Wildman–Crippen LogP) is 5.95. The zero-order chi connectivity index (χ0) is 77.7. The van der Waals surface area contributed by atoms with E-state index in [9.17, 15) is 59.4 Å². The fraction of sp³-hybridized carbons (Fsp3) is 0.826. The van der Waals surface area contributed by atoms with Crippen molar-refractivity contribution < 1.29 is 124 Å². The first kappa shape index (κ1) is 86.9. The Morgan fingerprint density at radius 2 is 0.794 bits per heavy atom. The number of carbonyl (C=O) groups is 6. The van der Waals surface area contributed by atoms with Crippen LogP contribution < -0.4 is 31.9 Å². The molecule has 0 bridgehead atoms. The summed E-state index contributed by atoms with van der Waals surface area (Å²) in [6.45, 7) is 37.8. The van der Waals surface area contributed by atoms with Gasteiger partial charge in [0, 0.05) is 19.0 Å². The Balaban J connectivity index is 1.77. The van der Waals surface area contributed by atoms with E-state index >= 15 is 8.42 Å². The summed E-state index contributed by atoms with van der Waals surface area (Å²) in [6.07, 6.45) is -33.5. The molecule has 2 saturated heterocycles. The molecule has 6 amide bonds. The number of aliphatic hydroxyl groups is 6. The van der Waals surface area contributed by atoms with Crippen LogP contribution in [0.2, 0.25) is 0 Å². The molecule has 0 spiro atoms. The largest absolute Gasteiger partial charge is 0.444 e. The van der Waals surface area contributed by atoms with Crippen molar-refractivity contribution in [3.05, 3.63) is 28.8 Å². The maximum atomic E-state index is 15.2. The van der Waals surface area contributed by atoms with Crippen molar-refractivity contribution in [1.82, 2.24) is 31.9 Å². The van der Waals surface area contributed by atoms with E-state index in [1.54, 1.807) is 137 Å². The van der Waals surface area contributed by atoms with E-state index in [1.807, 2.05) is 41.5 Å². The number of hydrogen-bond acceptors (Lipinski definition) is 26. The number of carbonyl (C=O) groups excluding carboxylic acids is 6. The summed E-state index contributed by atoms with van der Waals surface area (Å²) in [4.78, 5) is 81.5. The normalized spacial score (nSPS) is 29.9. The van der Waals surface area contributed by atoms with Crippen LogP contribution in [-0.2, 0) is 66.4 Å². The molecule has 0 aromatic heterocycles. The minimum Gasteiger partial charge on any atom is -0.444 e. The van der Waals surface area contributed by atoms with Gasteiger partial charge in [-0.1, -0.05) is 53.7 Å². The van der Waals surface area contributed by atoms with Crippen LogP contribution in [0.15, 0.2) is 17.0 Å². The number of alkyl carbamates (subject to hydrolysis) is 6. The molecule has 19 unspecified atom stereocenters. The highest BCUT2D eigenvalue weighted by molar-refractivity contribution is 7.86. The molecule has 5 rings (SSSR count). The van der Waals surface area contributed by atoms with Gasteiger partial charge >= 0.3 is 36.6 Å². The summed E-state index contributed by atoms with van der Waals surface area (Å²) in [7, 11) is -4.80. The summed E-state index contributed by atoms with van der Waals surface area (Å²) in [5.41, 5.74) is -4.75. The van der Waals surface area contributed by atoms with Gasteiger partial charge in [-0.15, -0.1) is 0 Å². The standard InChI is InChI=1S/C69H118N6O26S/c1-32(2)35-25-37(33(3)4)55(38(26-35)34(5)6)102(88,89)90-31-36-27-41(49(79)52(36)94-56-44(74-62(86)100-68(19,20)21)50(80)47(77)42(92-56)29-70-58(82)96-64(7,8)9)91-54-46(76)39(72-60(84)98-66(13,14)15)28-40(73-61(85)99-67(16,17)18)53(54)95-57-45(75-63(87)101-69(22,23)24)51(81)48(78)43(93-57)30-71-59(83)97-65(10,11)12/h25-26,32-34,36,39-54,56-57,76-81H,27-31H2,1-24H3,(H,70,82)(H,71,83)(H,72,84)(H,73,85)(H,74,86)(H,75,87). The first-order valence-electron chi connectivity index (χ1n) is 34.8. The summed E-state index contributed by atoms with van der Waals surface area (Å²) < 4.78 is 103. The lowest BCUT2D eigenvalue weighted by atomic mass is 9.83. The van der Waals surface area contributed by atoms with Gasteiger partial charge in [0.15, 0.2) is 12.6 Å². The lowest BCUT2D eigenvalue weighted by Crippen LogP contribution is -2.70. The van der Waals surface area contributed by atoms with E-state index in [4.69, 9.17) is 56.3 Å². The SMILES string of the molecule is CC(C)c1cc(C(C)C)c(S(=O)(=O)OCC2CC(OC3C(O)C(NC(=O)OC(C)(C)C)CC(NC(=O)OC(C)(C)C)C3OC3OC(CNC(=O)OC(C)(C)C)C(O)C(O)C3NC(=O)OC(C)(C)C)C(O)C2OC2OC(CNC(=O)OC(C)(C)C)C(O)C(O)C2NC(=O)OC(C)(C)C)c(C(C)C)c1. The second-order valence-corrected chi connectivity index (χ2v) is 35.0. The predicted molar refractivity (Wildman–Crippen MR) is 367 cm³/mol. The first-order chi connectivity index (χ1) is 46.4. The van der Waals surface area contributed by atoms with Crippen molar-refractivity contribution in [2.75, 3.05) is 19.7 Å². The van der Waals surface area contributed by atoms with Crippen molar-refractivity contribution in [2.24, 2.45) is 5.92 Å². The zero-order valence-corrected chi connectivity index (χ0v) is 64.5. The van der Waals surface area contributed by atoms with Crippen LogP contribution in [0.1, 0.15) is 213 Å². The lowest BCUT2D eigenvalue weighted by Gasteiger charge is -2.49. The summed E-state index contributed by atoms with van der Waals surface area (Å²) in [5, 5.41) is 88.8. The van der Waals surface area contributed by atoms with Crippen molar-refractivity contribution in [3.63, 3.8) is 0 Å². The van der Waals surface area contributed by atoms with E-state index in [-0.39, 0.29) is 22.6 Å². The van der Waals surface area contributed by atoms with E-state index < -0.39 is 229 Å². The molecule has 4 aliphatic rings. The fourth-order valence-corrected chi connectivity index (χ4v) is 13.5. The number of benzene rings is 1. The second kappa shape index (κ2) is 34.3. The maximum absolute atomic E-state index is 15.2. The van der Waals surface area contributed by atoms with Crippen LogP contribution in [0.3, 0.4) is 0 Å². The molecule has 2 heterocycles. The number of nitrogens with one attached hydrogen (secondary N) is 6. The molecule has 0 radical (unpaired) electrons. The molecule has 1 aromatic rings. The Labute approximate surface area is 600 Å². The zero-order valence-electron chi connectivity index (χ0n) is 63.6. The maximum Gasteiger partial charge on any atom is 0.408 e. The molecule has 102 heavy (non-hydrogen) atoms. The molecule has 19 atom stereocenters. The van der Waals surface area contributed by atoms with Crippen LogP contribution in [0, 0.1) is 5.92 Å². The third-order valence-corrected chi connectivity index (χ3v) is 17.7. The third-order valence-electron chi connectivity index (χ3n) is 16.2. The van der Waals surface area contributed by atoms with Gasteiger partial charge in [-0.25, -0.2) is 28.8 Å². The van der Waals surface area contributed by atoms with E-state index in [1.165, 1.54) is 0 Å². The average Bonchev–Trinajstić information content (AvgIpc) is 1.15. The molecule has 32 nitrogen and oxygen atoms in total. The van der Waals surface area contributed by atoms with E-state index in [2.05, 4.69) is 31.9 Å². The minimum absolute atomic E-state index is 0.00934. The molecular weight excluding hydrogens is 1360 g/mol. The van der Waals surface area contributed by atoms with Gasteiger partial charge in [-0.2, -0.15) is 8.42 Å². The number of rotatable bonds is 21. The van der Waals surface area contributed by atoms with Crippen LogP contribution in [0.5, 0.6) is 0 Å². The summed E-state index contributed by atoms with van der Waals surface area (Å²) in [5.74, 6) is -2.09. The van der Waals surface area contributed by atoms with Gasteiger partial charge in [0.2, 0.25) is 0 Å². The van der Waals surface area contributed by atoms with E-state index in [0.29, 0.717) is 11.1 Å². The molecule has 1 aromatic carbocycles. The minimum atomic E-state index is -4.80. The van der Waals surface area contributed by atoms with Gasteiger partial charge in [0.05, 0.1) is 30.9 Å². The van der Waals surface area contributed by atoms with Crippen molar-refractivity contribution in [3.8, 4) is 0 Å². The fourth-order valence-electron chi connectivity index (χ4n) is 11.8. The van der Waals surface area contributed by atoms with Gasteiger partial charge < -0.3 is 115 Å². The monoisotopic (exact) mass is 1480 g/mol. The Hall–Kier alpha value is -5.69. The molecule has 33 heteroatoms. The Bertz CT molecular complexity index is 3080. The smallest absolute Gasteiger partial charge is 0.408 e. The Kier molecular flexibility index (Phi) is 29.2. The Morgan fingerprint density at radius 1 is 0.441 bits per heavy atom. The molecule has 2 aliphatic carbocycles.